The van der Waals surface area contributed by atoms with Gasteiger partial charge in [0.2, 0.25) is 0 Å². The molecule has 0 atom stereocenters. The van der Waals surface area contributed by atoms with E-state index in [4.69, 9.17) is 23.7 Å². The fourth-order valence-electron chi connectivity index (χ4n) is 4.20. The number of hydrogen-bond acceptors (Lipinski definition) is 8. The highest BCUT2D eigenvalue weighted by Crippen LogP contribution is 2.18. The van der Waals surface area contributed by atoms with Crippen molar-refractivity contribution < 1.29 is 38.1 Å². The fraction of sp³-hybridized carbons (Fsp3) is 0.308. The number of carbonyl (C=O) groups is 3. The average Bonchev–Trinajstić information content (AvgIpc) is 3.10. The standard InChI is InChI=1S/C39H42O8/c1-3-37(40)45-29-11-7-5-9-27-43-34-21-15-31(16-22-34)13-14-32-17-23-36(24-18-32)47-39(42)33-19-25-35(26-20-33)44-28-10-6-8-12-30-46-38(41)4-2/h3-4,15-26H,1-2,5-12,27-30H2. The Hall–Kier alpha value is -5.29. The number of ether oxygens (including phenoxy) is 5. The van der Waals surface area contributed by atoms with Gasteiger partial charge in [0.15, 0.2) is 0 Å². The molecular weight excluding hydrogens is 596 g/mol. The first-order valence-electron chi connectivity index (χ1n) is 15.8. The van der Waals surface area contributed by atoms with E-state index in [0.29, 0.717) is 43.5 Å². The minimum absolute atomic E-state index is 0.382. The van der Waals surface area contributed by atoms with E-state index in [1.165, 1.54) is 6.08 Å². The maximum atomic E-state index is 12.6. The largest absolute Gasteiger partial charge is 0.494 e. The van der Waals surface area contributed by atoms with Crippen molar-refractivity contribution in [2.45, 2.75) is 51.4 Å². The van der Waals surface area contributed by atoms with Gasteiger partial charge < -0.3 is 23.7 Å². The molecular formula is C39H42O8. The normalized spacial score (nSPS) is 10.1. The number of hydrogen-bond donors (Lipinski definition) is 0. The lowest BCUT2D eigenvalue weighted by molar-refractivity contribution is -0.138. The third-order valence-electron chi connectivity index (χ3n) is 6.80. The molecule has 0 heterocycles. The Balaban J connectivity index is 1.32. The van der Waals surface area contributed by atoms with Crippen LogP contribution in [0.5, 0.6) is 17.2 Å². The number of benzene rings is 3. The van der Waals surface area contributed by atoms with Gasteiger partial charge in [0.25, 0.3) is 0 Å². The first kappa shape index (κ1) is 36.2. The summed E-state index contributed by atoms with van der Waals surface area (Å²) in [7, 11) is 0. The van der Waals surface area contributed by atoms with Crippen molar-refractivity contribution in [3.63, 3.8) is 0 Å². The van der Waals surface area contributed by atoms with Crippen LogP contribution in [-0.2, 0) is 19.1 Å². The van der Waals surface area contributed by atoms with Gasteiger partial charge in [0.1, 0.15) is 17.2 Å². The Labute approximate surface area is 277 Å². The molecule has 0 saturated heterocycles. The van der Waals surface area contributed by atoms with E-state index in [2.05, 4.69) is 25.0 Å². The predicted molar refractivity (Wildman–Crippen MR) is 181 cm³/mol. The van der Waals surface area contributed by atoms with Gasteiger partial charge in [-0.3, -0.25) is 0 Å². The fourth-order valence-corrected chi connectivity index (χ4v) is 4.20. The van der Waals surface area contributed by atoms with Crippen molar-refractivity contribution in [1.29, 1.82) is 0 Å². The number of esters is 3. The molecule has 47 heavy (non-hydrogen) atoms. The zero-order valence-electron chi connectivity index (χ0n) is 26.7. The molecule has 3 aromatic carbocycles. The van der Waals surface area contributed by atoms with Gasteiger partial charge in [0, 0.05) is 23.3 Å². The molecule has 0 fully saturated rings. The van der Waals surface area contributed by atoms with Crippen molar-refractivity contribution >= 4 is 17.9 Å². The lowest BCUT2D eigenvalue weighted by atomic mass is 10.1. The van der Waals surface area contributed by atoms with E-state index in [1.807, 2.05) is 24.3 Å². The number of carbonyl (C=O) groups excluding carboxylic acids is 3. The number of unbranched alkanes of at least 4 members (excludes halogenated alkanes) is 6. The first-order chi connectivity index (χ1) is 23.0. The summed E-state index contributed by atoms with van der Waals surface area (Å²) in [6.07, 6.45) is 9.65. The quantitative estimate of drug-likeness (QED) is 0.0410. The molecule has 0 spiro atoms. The van der Waals surface area contributed by atoms with Gasteiger partial charge in [-0.15, -0.1) is 0 Å². The second-order valence-electron chi connectivity index (χ2n) is 10.5. The molecule has 0 bridgehead atoms. The summed E-state index contributed by atoms with van der Waals surface area (Å²) in [5, 5.41) is 0. The van der Waals surface area contributed by atoms with Gasteiger partial charge >= 0.3 is 17.9 Å². The molecule has 0 aromatic heterocycles. The van der Waals surface area contributed by atoms with Crippen LogP contribution in [0.25, 0.3) is 0 Å². The first-order valence-corrected chi connectivity index (χ1v) is 15.8. The Morgan fingerprint density at radius 3 is 1.32 bits per heavy atom. The van der Waals surface area contributed by atoms with Crippen molar-refractivity contribution in [3.8, 4) is 29.1 Å². The van der Waals surface area contributed by atoms with Crippen molar-refractivity contribution in [3.05, 3.63) is 115 Å². The Morgan fingerprint density at radius 1 is 0.511 bits per heavy atom. The Kier molecular flexibility index (Phi) is 16.5. The van der Waals surface area contributed by atoms with E-state index in [-0.39, 0.29) is 5.97 Å². The Morgan fingerprint density at radius 2 is 0.894 bits per heavy atom. The maximum absolute atomic E-state index is 12.6. The highest BCUT2D eigenvalue weighted by atomic mass is 16.5. The summed E-state index contributed by atoms with van der Waals surface area (Å²) in [5.41, 5.74) is 2.08. The second kappa shape index (κ2) is 21.4. The molecule has 0 aliphatic carbocycles. The third kappa shape index (κ3) is 15.0. The van der Waals surface area contributed by atoms with Gasteiger partial charge in [-0.1, -0.05) is 25.0 Å². The van der Waals surface area contributed by atoms with E-state index in [9.17, 15) is 14.4 Å². The molecule has 3 aromatic rings. The summed E-state index contributed by atoms with van der Waals surface area (Å²) < 4.78 is 27.0. The molecule has 0 radical (unpaired) electrons. The zero-order chi connectivity index (χ0) is 33.5. The van der Waals surface area contributed by atoms with Crippen LogP contribution in [0.15, 0.2) is 98.1 Å². The van der Waals surface area contributed by atoms with Crippen LogP contribution in [0.2, 0.25) is 0 Å². The molecule has 3 rings (SSSR count). The molecule has 0 saturated carbocycles. The topological polar surface area (TPSA) is 97.4 Å². The summed E-state index contributed by atoms with van der Waals surface area (Å²) in [5.74, 6) is 6.92. The lowest BCUT2D eigenvalue weighted by Gasteiger charge is -2.08. The molecule has 0 unspecified atom stereocenters. The van der Waals surface area contributed by atoms with Gasteiger partial charge in [0.05, 0.1) is 32.0 Å². The van der Waals surface area contributed by atoms with E-state index < -0.39 is 11.9 Å². The molecule has 0 N–H and O–H groups in total. The second-order valence-corrected chi connectivity index (χ2v) is 10.5. The molecule has 0 aliphatic heterocycles. The highest BCUT2D eigenvalue weighted by molar-refractivity contribution is 5.91. The van der Waals surface area contributed by atoms with Crippen molar-refractivity contribution in [1.82, 2.24) is 0 Å². The van der Waals surface area contributed by atoms with Crippen LogP contribution in [0, 0.1) is 11.8 Å². The molecule has 0 aliphatic rings. The third-order valence-corrected chi connectivity index (χ3v) is 6.80. The van der Waals surface area contributed by atoms with E-state index in [0.717, 1.165) is 74.3 Å². The van der Waals surface area contributed by atoms with Crippen LogP contribution in [0.4, 0.5) is 0 Å². The van der Waals surface area contributed by atoms with Crippen LogP contribution in [0.3, 0.4) is 0 Å². The highest BCUT2D eigenvalue weighted by Gasteiger charge is 2.09. The monoisotopic (exact) mass is 638 g/mol. The average molecular weight is 639 g/mol. The van der Waals surface area contributed by atoms with Crippen molar-refractivity contribution in [2.75, 3.05) is 26.4 Å². The molecule has 8 heteroatoms. The smallest absolute Gasteiger partial charge is 0.343 e. The van der Waals surface area contributed by atoms with Gasteiger partial charge in [-0.05, 0) is 124 Å². The summed E-state index contributed by atoms with van der Waals surface area (Å²) in [4.78, 5) is 34.6. The van der Waals surface area contributed by atoms with Crippen LogP contribution < -0.4 is 14.2 Å². The Bertz CT molecular complexity index is 1480. The lowest BCUT2D eigenvalue weighted by Crippen LogP contribution is -2.08. The summed E-state index contributed by atoms with van der Waals surface area (Å²) >= 11 is 0. The molecule has 246 valence electrons. The summed E-state index contributed by atoms with van der Waals surface area (Å²) in [6, 6.07) is 21.5. The minimum Gasteiger partial charge on any atom is -0.494 e. The number of rotatable bonds is 20. The van der Waals surface area contributed by atoms with E-state index >= 15 is 0 Å². The molecule has 8 nitrogen and oxygen atoms in total. The SMILES string of the molecule is C=CC(=O)OCCCCCCOc1ccc(C#Cc2ccc(OC(=O)c3ccc(OCCCCCCOC(=O)C=C)cc3)cc2)cc1. The van der Waals surface area contributed by atoms with Gasteiger partial charge in [-0.2, -0.15) is 0 Å². The predicted octanol–water partition coefficient (Wildman–Crippen LogP) is 7.64. The van der Waals surface area contributed by atoms with Crippen molar-refractivity contribution in [2.24, 2.45) is 0 Å². The minimum atomic E-state index is -0.457. The van der Waals surface area contributed by atoms with E-state index in [1.54, 1.807) is 48.5 Å². The van der Waals surface area contributed by atoms with Crippen LogP contribution in [-0.4, -0.2) is 44.3 Å². The van der Waals surface area contributed by atoms with Crippen LogP contribution >= 0.6 is 0 Å². The van der Waals surface area contributed by atoms with Crippen LogP contribution in [0.1, 0.15) is 72.9 Å². The summed E-state index contributed by atoms with van der Waals surface area (Å²) in [6.45, 7) is 8.74. The van der Waals surface area contributed by atoms with Gasteiger partial charge in [-0.25, -0.2) is 14.4 Å². The maximum Gasteiger partial charge on any atom is 0.343 e. The zero-order valence-corrected chi connectivity index (χ0v) is 26.7. The molecule has 0 amide bonds.